The number of rotatable bonds is 6. The molecule has 0 amide bonds. The van der Waals surface area contributed by atoms with E-state index in [1.165, 1.54) is 34.2 Å². The molecule has 0 fully saturated rings. The molecule has 0 aliphatic rings. The molecule has 2 aromatic carbocycles. The predicted octanol–water partition coefficient (Wildman–Crippen LogP) is 5.29. The molecule has 112 valence electrons. The van der Waals surface area contributed by atoms with Gasteiger partial charge in [0.2, 0.25) is 0 Å². The first-order valence-corrected chi connectivity index (χ1v) is 8.06. The Morgan fingerprint density at radius 2 is 1.71 bits per heavy atom. The summed E-state index contributed by atoms with van der Waals surface area (Å²) in [6.45, 7) is 10.8. The molecule has 2 aromatic rings. The second kappa shape index (κ2) is 7.42. The van der Waals surface area contributed by atoms with E-state index in [1.54, 1.807) is 0 Å². The zero-order chi connectivity index (χ0) is 15.2. The first-order valence-electron chi connectivity index (χ1n) is 8.06. The second-order valence-corrected chi connectivity index (χ2v) is 5.86. The maximum Gasteiger partial charge on any atom is 0.0205 e. The Kier molecular flexibility index (Phi) is 5.58. The number of hydrogen-bond donors (Lipinski definition) is 1. The van der Waals surface area contributed by atoms with Gasteiger partial charge in [-0.05, 0) is 59.7 Å². The van der Waals surface area contributed by atoms with E-state index in [4.69, 9.17) is 0 Å². The van der Waals surface area contributed by atoms with E-state index >= 15 is 0 Å². The maximum atomic E-state index is 3.39. The summed E-state index contributed by atoms with van der Waals surface area (Å²) in [7, 11) is 0. The normalized spacial score (nSPS) is 12.4. The number of nitrogens with one attached hydrogen (secondary N) is 1. The molecule has 0 aromatic heterocycles. The lowest BCUT2D eigenvalue weighted by atomic mass is 9.93. The van der Waals surface area contributed by atoms with Gasteiger partial charge in [-0.25, -0.2) is 0 Å². The highest BCUT2D eigenvalue weighted by molar-refractivity contribution is 5.68. The zero-order valence-corrected chi connectivity index (χ0v) is 13.7. The molecule has 1 N–H and O–H groups in total. The maximum absolute atomic E-state index is 3.39. The average molecular weight is 281 g/mol. The van der Waals surface area contributed by atoms with Crippen LogP contribution in [0.3, 0.4) is 0 Å². The van der Waals surface area contributed by atoms with E-state index in [9.17, 15) is 0 Å². The van der Waals surface area contributed by atoms with Crippen molar-refractivity contribution in [3.8, 4) is 11.1 Å². The number of benzene rings is 2. The molecule has 0 saturated heterocycles. The van der Waals surface area contributed by atoms with Crippen molar-refractivity contribution < 1.29 is 0 Å². The first kappa shape index (κ1) is 15.8. The van der Waals surface area contributed by atoms with E-state index < -0.39 is 0 Å². The lowest BCUT2D eigenvalue weighted by Gasteiger charge is -2.12. The highest BCUT2D eigenvalue weighted by atomic mass is 14.8. The van der Waals surface area contributed by atoms with Crippen molar-refractivity contribution in [2.75, 3.05) is 6.54 Å². The van der Waals surface area contributed by atoms with Crippen molar-refractivity contribution >= 4 is 0 Å². The largest absolute Gasteiger partial charge is 0.313 e. The Labute approximate surface area is 129 Å². The lowest BCUT2D eigenvalue weighted by Crippen LogP contribution is -2.11. The van der Waals surface area contributed by atoms with E-state index in [1.807, 2.05) is 0 Å². The van der Waals surface area contributed by atoms with Gasteiger partial charge in [0.05, 0.1) is 0 Å². The van der Waals surface area contributed by atoms with Crippen LogP contribution in [0.1, 0.15) is 49.8 Å². The minimum atomic E-state index is 0.639. The lowest BCUT2D eigenvalue weighted by molar-refractivity contribution is 0.727. The van der Waals surface area contributed by atoms with Crippen molar-refractivity contribution in [2.24, 2.45) is 0 Å². The van der Waals surface area contributed by atoms with Crippen LogP contribution in [0.15, 0.2) is 42.5 Å². The molecule has 0 saturated carbocycles. The van der Waals surface area contributed by atoms with E-state index in [0.29, 0.717) is 5.92 Å². The van der Waals surface area contributed by atoms with Crippen LogP contribution in [0, 0.1) is 6.92 Å². The van der Waals surface area contributed by atoms with E-state index in [-0.39, 0.29) is 0 Å². The zero-order valence-electron chi connectivity index (χ0n) is 13.7. The predicted molar refractivity (Wildman–Crippen MR) is 92.7 cm³/mol. The Morgan fingerprint density at radius 3 is 2.33 bits per heavy atom. The van der Waals surface area contributed by atoms with Crippen molar-refractivity contribution in [3.05, 3.63) is 59.2 Å². The van der Waals surface area contributed by atoms with Gasteiger partial charge >= 0.3 is 0 Å². The van der Waals surface area contributed by atoms with Gasteiger partial charge in [-0.15, -0.1) is 0 Å². The molecule has 1 heteroatoms. The van der Waals surface area contributed by atoms with Crippen molar-refractivity contribution in [2.45, 2.75) is 46.6 Å². The molecule has 21 heavy (non-hydrogen) atoms. The summed E-state index contributed by atoms with van der Waals surface area (Å²) in [6.07, 6.45) is 1.19. The summed E-state index contributed by atoms with van der Waals surface area (Å²) < 4.78 is 0. The fourth-order valence-electron chi connectivity index (χ4n) is 2.59. The van der Waals surface area contributed by atoms with Gasteiger partial charge in [0, 0.05) is 6.54 Å². The number of hydrogen-bond acceptors (Lipinski definition) is 1. The highest BCUT2D eigenvalue weighted by Crippen LogP contribution is 2.27. The Bertz CT molecular complexity index is 569. The third-order valence-corrected chi connectivity index (χ3v) is 4.28. The average Bonchev–Trinajstić information content (AvgIpc) is 2.53. The Balaban J connectivity index is 2.28. The molecule has 1 nitrogen and oxygen atoms in total. The SMILES string of the molecule is CCNCc1ccc(C)c(-c2ccc(C(C)CC)cc2)c1. The van der Waals surface area contributed by atoms with Crippen LogP contribution in [-0.4, -0.2) is 6.54 Å². The van der Waals surface area contributed by atoms with Gasteiger partial charge < -0.3 is 5.32 Å². The molecule has 1 atom stereocenters. The Morgan fingerprint density at radius 1 is 1.00 bits per heavy atom. The van der Waals surface area contributed by atoms with E-state index in [0.717, 1.165) is 13.1 Å². The summed E-state index contributed by atoms with van der Waals surface area (Å²) in [5, 5.41) is 3.39. The molecule has 0 radical (unpaired) electrons. The van der Waals surface area contributed by atoms with Gasteiger partial charge in [0.25, 0.3) is 0 Å². The third-order valence-electron chi connectivity index (χ3n) is 4.28. The van der Waals surface area contributed by atoms with Crippen LogP contribution >= 0.6 is 0 Å². The molecule has 0 spiro atoms. The summed E-state index contributed by atoms with van der Waals surface area (Å²) in [5.74, 6) is 0.639. The standard InChI is InChI=1S/C20H27N/c1-5-15(3)18-9-11-19(12-10-18)20-13-17(14-21-6-2)8-7-16(20)4/h7-13,15,21H,5-6,14H2,1-4H3. The van der Waals surface area contributed by atoms with Crippen molar-refractivity contribution in [1.29, 1.82) is 0 Å². The summed E-state index contributed by atoms with van der Waals surface area (Å²) in [4.78, 5) is 0. The third kappa shape index (κ3) is 3.95. The summed E-state index contributed by atoms with van der Waals surface area (Å²) >= 11 is 0. The molecule has 0 aliphatic heterocycles. The van der Waals surface area contributed by atoms with Crippen molar-refractivity contribution in [3.63, 3.8) is 0 Å². The van der Waals surface area contributed by atoms with Crippen molar-refractivity contribution in [1.82, 2.24) is 5.32 Å². The minimum Gasteiger partial charge on any atom is -0.313 e. The van der Waals surface area contributed by atoms with Gasteiger partial charge in [0.1, 0.15) is 0 Å². The van der Waals surface area contributed by atoms with Crippen LogP contribution < -0.4 is 5.32 Å². The van der Waals surface area contributed by atoms with Crippen LogP contribution in [0.4, 0.5) is 0 Å². The molecule has 0 bridgehead atoms. The molecular weight excluding hydrogens is 254 g/mol. The highest BCUT2D eigenvalue weighted by Gasteiger charge is 2.06. The van der Waals surface area contributed by atoms with Gasteiger partial charge in [-0.1, -0.05) is 57.2 Å². The molecule has 0 aliphatic carbocycles. The fraction of sp³-hybridized carbons (Fsp3) is 0.400. The van der Waals surface area contributed by atoms with Crippen LogP contribution in [0.5, 0.6) is 0 Å². The summed E-state index contributed by atoms with van der Waals surface area (Å²) in [5.41, 5.74) is 6.79. The topological polar surface area (TPSA) is 12.0 Å². The first-order chi connectivity index (χ1) is 10.2. The van der Waals surface area contributed by atoms with Crippen LogP contribution in [0.25, 0.3) is 11.1 Å². The second-order valence-electron chi connectivity index (χ2n) is 5.86. The van der Waals surface area contributed by atoms with Gasteiger partial charge in [-0.2, -0.15) is 0 Å². The fourth-order valence-corrected chi connectivity index (χ4v) is 2.59. The Hall–Kier alpha value is -1.60. The quantitative estimate of drug-likeness (QED) is 0.759. The molecular formula is C20H27N. The van der Waals surface area contributed by atoms with Gasteiger partial charge in [0.15, 0.2) is 0 Å². The van der Waals surface area contributed by atoms with Crippen LogP contribution in [-0.2, 0) is 6.54 Å². The van der Waals surface area contributed by atoms with Crippen LogP contribution in [0.2, 0.25) is 0 Å². The molecule has 0 heterocycles. The molecule has 2 rings (SSSR count). The van der Waals surface area contributed by atoms with E-state index in [2.05, 4.69) is 75.5 Å². The molecule has 1 unspecified atom stereocenters. The number of aryl methyl sites for hydroxylation is 1. The minimum absolute atomic E-state index is 0.639. The van der Waals surface area contributed by atoms with Gasteiger partial charge in [-0.3, -0.25) is 0 Å². The smallest absolute Gasteiger partial charge is 0.0205 e. The monoisotopic (exact) mass is 281 g/mol. The summed E-state index contributed by atoms with van der Waals surface area (Å²) in [6, 6.07) is 15.8.